The van der Waals surface area contributed by atoms with Gasteiger partial charge in [-0.3, -0.25) is 4.79 Å². The molecule has 5 nitrogen and oxygen atoms in total. The van der Waals surface area contributed by atoms with E-state index in [1.54, 1.807) is 0 Å². The van der Waals surface area contributed by atoms with E-state index in [4.69, 9.17) is 0 Å². The topological polar surface area (TPSA) is 59.0 Å². The van der Waals surface area contributed by atoms with E-state index in [1.165, 1.54) is 0 Å². The molecule has 1 aromatic heterocycles. The lowest BCUT2D eigenvalue weighted by Gasteiger charge is -2.14. The predicted molar refractivity (Wildman–Crippen MR) is 82.7 cm³/mol. The van der Waals surface area contributed by atoms with E-state index in [-0.39, 0.29) is 11.4 Å². The lowest BCUT2D eigenvalue weighted by atomic mass is 10.2. The molecule has 2 N–H and O–H groups in total. The van der Waals surface area contributed by atoms with Gasteiger partial charge in [-0.2, -0.15) is 0 Å². The van der Waals surface area contributed by atoms with Gasteiger partial charge in [0.15, 0.2) is 0 Å². The van der Waals surface area contributed by atoms with Crippen molar-refractivity contribution in [2.75, 3.05) is 12.4 Å². The number of anilines is 1. The number of carbonyl (C=O) groups is 1. The number of carbonyl (C=O) groups excluding carboxylic acids is 1. The van der Waals surface area contributed by atoms with E-state index in [0.717, 1.165) is 35.6 Å². The molecule has 0 bridgehead atoms. The van der Waals surface area contributed by atoms with Crippen LogP contribution in [0.4, 0.5) is 5.69 Å². The third-order valence-corrected chi connectivity index (χ3v) is 4.32. The SMILES string of the molecule is CNC1(C(=O)Nc2ccc(-n3cnc(C)c3C)cc2)CC1. The lowest BCUT2D eigenvalue weighted by Crippen LogP contribution is -2.40. The minimum absolute atomic E-state index is 0.0485. The number of imidazole rings is 1. The first-order chi connectivity index (χ1) is 10.1. The Balaban J connectivity index is 1.75. The minimum Gasteiger partial charge on any atom is -0.324 e. The van der Waals surface area contributed by atoms with Gasteiger partial charge in [-0.1, -0.05) is 0 Å². The summed E-state index contributed by atoms with van der Waals surface area (Å²) in [7, 11) is 1.83. The number of rotatable bonds is 4. The molecule has 0 radical (unpaired) electrons. The summed E-state index contributed by atoms with van der Waals surface area (Å²) >= 11 is 0. The zero-order valence-electron chi connectivity index (χ0n) is 12.6. The number of nitrogens with zero attached hydrogens (tertiary/aromatic N) is 2. The van der Waals surface area contributed by atoms with Gasteiger partial charge in [-0.15, -0.1) is 0 Å². The second-order valence-corrected chi connectivity index (χ2v) is 5.62. The molecule has 0 unspecified atom stereocenters. The molecule has 0 saturated heterocycles. The van der Waals surface area contributed by atoms with Crippen LogP contribution in [0.3, 0.4) is 0 Å². The second kappa shape index (κ2) is 5.00. The first-order valence-corrected chi connectivity index (χ1v) is 7.17. The molecular weight excluding hydrogens is 264 g/mol. The molecule has 110 valence electrons. The third-order valence-electron chi connectivity index (χ3n) is 4.32. The van der Waals surface area contributed by atoms with E-state index in [2.05, 4.69) is 15.6 Å². The highest BCUT2D eigenvalue weighted by molar-refractivity contribution is 6.00. The first-order valence-electron chi connectivity index (χ1n) is 7.17. The molecule has 1 fully saturated rings. The molecule has 1 aliphatic rings. The summed E-state index contributed by atoms with van der Waals surface area (Å²) in [6.45, 7) is 4.04. The molecule has 0 aliphatic heterocycles. The Morgan fingerprint density at radius 2 is 1.90 bits per heavy atom. The van der Waals surface area contributed by atoms with Crippen molar-refractivity contribution < 1.29 is 4.79 Å². The maximum absolute atomic E-state index is 12.2. The quantitative estimate of drug-likeness (QED) is 0.904. The average molecular weight is 284 g/mol. The fourth-order valence-corrected chi connectivity index (χ4v) is 2.43. The van der Waals surface area contributed by atoms with Crippen molar-refractivity contribution in [3.63, 3.8) is 0 Å². The van der Waals surface area contributed by atoms with Gasteiger partial charge in [-0.25, -0.2) is 4.98 Å². The van der Waals surface area contributed by atoms with Crippen LogP contribution < -0.4 is 10.6 Å². The summed E-state index contributed by atoms with van der Waals surface area (Å²) in [6, 6.07) is 7.83. The largest absolute Gasteiger partial charge is 0.324 e. The van der Waals surface area contributed by atoms with Crippen LogP contribution in [-0.2, 0) is 4.79 Å². The molecule has 3 rings (SSSR count). The molecule has 2 aromatic rings. The van der Waals surface area contributed by atoms with Crippen molar-refractivity contribution >= 4 is 11.6 Å². The number of aryl methyl sites for hydroxylation is 1. The molecule has 5 heteroatoms. The fourth-order valence-electron chi connectivity index (χ4n) is 2.43. The van der Waals surface area contributed by atoms with Gasteiger partial charge in [0.25, 0.3) is 0 Å². The van der Waals surface area contributed by atoms with Crippen molar-refractivity contribution in [3.8, 4) is 5.69 Å². The summed E-state index contributed by atoms with van der Waals surface area (Å²) < 4.78 is 2.04. The number of amides is 1. The van der Waals surface area contributed by atoms with Crippen LogP contribution in [0.25, 0.3) is 5.69 Å². The second-order valence-electron chi connectivity index (χ2n) is 5.62. The highest BCUT2D eigenvalue weighted by Gasteiger charge is 2.48. The van der Waals surface area contributed by atoms with Crippen molar-refractivity contribution in [2.45, 2.75) is 32.2 Å². The number of likely N-dealkylation sites (N-methyl/N-ethyl adjacent to an activating group) is 1. The lowest BCUT2D eigenvalue weighted by molar-refractivity contribution is -0.118. The van der Waals surface area contributed by atoms with E-state index >= 15 is 0 Å². The van der Waals surface area contributed by atoms with Crippen LogP contribution in [0.15, 0.2) is 30.6 Å². The third kappa shape index (κ3) is 2.45. The Morgan fingerprint density at radius 1 is 1.24 bits per heavy atom. The number of nitrogens with one attached hydrogen (secondary N) is 2. The van der Waals surface area contributed by atoms with Gasteiger partial charge in [0.05, 0.1) is 17.6 Å². The van der Waals surface area contributed by atoms with E-state index in [9.17, 15) is 4.79 Å². The highest BCUT2D eigenvalue weighted by atomic mass is 16.2. The predicted octanol–water partition coefficient (Wildman–Crippen LogP) is 2.18. The van der Waals surface area contributed by atoms with Gasteiger partial charge in [0.2, 0.25) is 5.91 Å². The number of hydrogen-bond acceptors (Lipinski definition) is 3. The van der Waals surface area contributed by atoms with Gasteiger partial charge < -0.3 is 15.2 Å². The van der Waals surface area contributed by atoms with Gasteiger partial charge >= 0.3 is 0 Å². The molecule has 0 spiro atoms. The zero-order chi connectivity index (χ0) is 15.0. The van der Waals surface area contributed by atoms with Crippen LogP contribution in [0.5, 0.6) is 0 Å². The number of aromatic nitrogens is 2. The summed E-state index contributed by atoms with van der Waals surface area (Å²) in [5.74, 6) is 0.0485. The molecular formula is C16H20N4O. The Morgan fingerprint density at radius 3 is 2.38 bits per heavy atom. The molecule has 1 saturated carbocycles. The number of hydrogen-bond donors (Lipinski definition) is 2. The Bertz CT molecular complexity index is 668. The van der Waals surface area contributed by atoms with Crippen molar-refractivity contribution in [2.24, 2.45) is 0 Å². The summed E-state index contributed by atoms with van der Waals surface area (Å²) in [6.07, 6.45) is 3.63. The standard InChI is InChI=1S/C16H20N4O/c1-11-12(2)20(10-18-11)14-6-4-13(5-7-14)19-15(21)16(17-3)8-9-16/h4-7,10,17H,8-9H2,1-3H3,(H,19,21). The molecule has 1 heterocycles. The van der Waals surface area contributed by atoms with Crippen molar-refractivity contribution in [1.29, 1.82) is 0 Å². The summed E-state index contributed by atoms with van der Waals surface area (Å²) in [5, 5.41) is 6.06. The molecule has 1 aromatic carbocycles. The maximum Gasteiger partial charge on any atom is 0.244 e. The van der Waals surface area contributed by atoms with Crippen LogP contribution in [0.1, 0.15) is 24.2 Å². The van der Waals surface area contributed by atoms with Crippen LogP contribution in [0.2, 0.25) is 0 Å². The molecule has 1 aliphatic carbocycles. The van der Waals surface area contributed by atoms with E-state index < -0.39 is 0 Å². The van der Waals surface area contributed by atoms with E-state index in [1.807, 2.05) is 56.1 Å². The van der Waals surface area contributed by atoms with Crippen molar-refractivity contribution in [3.05, 3.63) is 42.0 Å². The molecule has 0 atom stereocenters. The summed E-state index contributed by atoms with van der Waals surface area (Å²) in [5.41, 5.74) is 3.66. The number of benzene rings is 1. The Hall–Kier alpha value is -2.14. The van der Waals surface area contributed by atoms with Gasteiger partial charge in [0.1, 0.15) is 0 Å². The van der Waals surface area contributed by atoms with Gasteiger partial charge in [-0.05, 0) is 58.0 Å². The van der Waals surface area contributed by atoms with Crippen molar-refractivity contribution in [1.82, 2.24) is 14.9 Å². The minimum atomic E-state index is -0.350. The highest BCUT2D eigenvalue weighted by Crippen LogP contribution is 2.36. The maximum atomic E-state index is 12.2. The normalized spacial score (nSPS) is 15.8. The smallest absolute Gasteiger partial charge is 0.244 e. The zero-order valence-corrected chi connectivity index (χ0v) is 12.6. The first kappa shape index (κ1) is 13.8. The Kier molecular flexibility index (Phi) is 3.29. The van der Waals surface area contributed by atoms with Crippen LogP contribution >= 0.6 is 0 Å². The monoisotopic (exact) mass is 284 g/mol. The van der Waals surface area contributed by atoms with Crippen LogP contribution in [-0.4, -0.2) is 28.0 Å². The fraction of sp³-hybridized carbons (Fsp3) is 0.375. The Labute approximate surface area is 124 Å². The molecule has 21 heavy (non-hydrogen) atoms. The average Bonchev–Trinajstić information content (AvgIpc) is 3.23. The molecule has 1 amide bonds. The summed E-state index contributed by atoms with van der Waals surface area (Å²) in [4.78, 5) is 16.5. The van der Waals surface area contributed by atoms with Gasteiger partial charge in [0, 0.05) is 17.1 Å². The van der Waals surface area contributed by atoms with E-state index in [0.29, 0.717) is 0 Å². The van der Waals surface area contributed by atoms with Crippen LogP contribution in [0, 0.1) is 13.8 Å².